The van der Waals surface area contributed by atoms with Crippen LogP contribution in [-0.2, 0) is 13.2 Å². The van der Waals surface area contributed by atoms with Gasteiger partial charge in [0.1, 0.15) is 12.4 Å². The number of amides is 1. The van der Waals surface area contributed by atoms with E-state index in [1.807, 2.05) is 54.0 Å². The number of fused-ring (bicyclic) bond motifs is 1. The smallest absolute Gasteiger partial charge is 0.446 e. The number of hydrogen-bond acceptors (Lipinski definition) is 4. The number of carbonyl (C=O) groups is 1. The van der Waals surface area contributed by atoms with Crippen molar-refractivity contribution in [3.8, 4) is 5.75 Å². The molecule has 3 aromatic carbocycles. The Bertz CT molecular complexity index is 1360. The van der Waals surface area contributed by atoms with Crippen LogP contribution in [0, 0.1) is 0 Å². The number of hydrazine groups is 1. The van der Waals surface area contributed by atoms with Gasteiger partial charge in [0.25, 0.3) is 5.91 Å². The summed E-state index contributed by atoms with van der Waals surface area (Å²) in [5.41, 5.74) is -1.49. The van der Waals surface area contributed by atoms with Crippen LogP contribution in [0.25, 0.3) is 10.9 Å². The third kappa shape index (κ3) is 7.08. The van der Waals surface area contributed by atoms with Gasteiger partial charge in [-0.2, -0.15) is 13.2 Å². The van der Waals surface area contributed by atoms with Crippen LogP contribution in [-0.4, -0.2) is 27.5 Å². The molecule has 37 heavy (non-hydrogen) atoms. The first-order chi connectivity index (χ1) is 17.7. The summed E-state index contributed by atoms with van der Waals surface area (Å²) in [6.45, 7) is 3.09. The van der Waals surface area contributed by atoms with Crippen LogP contribution < -0.4 is 10.6 Å². The lowest BCUT2D eigenvalue weighted by Crippen LogP contribution is -2.38. The van der Waals surface area contributed by atoms with E-state index in [0.29, 0.717) is 24.4 Å². The molecule has 0 spiro atoms. The van der Waals surface area contributed by atoms with E-state index in [0.717, 1.165) is 35.0 Å². The number of carbonyl (C=O) groups excluding carboxylic acids is 1. The Balaban J connectivity index is 1.67. The number of thioether (sulfide) groups is 1. The molecular weight excluding hydrogens is 499 g/mol. The number of halogens is 3. The minimum absolute atomic E-state index is 0.131. The number of alkyl halides is 3. The van der Waals surface area contributed by atoms with Gasteiger partial charge in [-0.15, -0.1) is 0 Å². The van der Waals surface area contributed by atoms with Gasteiger partial charge >= 0.3 is 5.51 Å². The second kappa shape index (κ2) is 11.7. The molecule has 4 rings (SSSR count). The van der Waals surface area contributed by atoms with E-state index in [-0.39, 0.29) is 29.2 Å². The highest BCUT2D eigenvalue weighted by molar-refractivity contribution is 8.00. The fourth-order valence-electron chi connectivity index (χ4n) is 4.06. The Kier molecular flexibility index (Phi) is 8.45. The highest BCUT2D eigenvalue weighted by atomic mass is 32.2. The Morgan fingerprint density at radius 2 is 1.81 bits per heavy atom. The van der Waals surface area contributed by atoms with Gasteiger partial charge in [0.15, 0.2) is 0 Å². The maximum atomic E-state index is 12.9. The van der Waals surface area contributed by atoms with Gasteiger partial charge in [-0.3, -0.25) is 9.80 Å². The van der Waals surface area contributed by atoms with Crippen molar-refractivity contribution in [2.75, 3.05) is 6.54 Å². The van der Waals surface area contributed by atoms with E-state index in [2.05, 4.69) is 0 Å². The molecule has 0 aliphatic rings. The molecule has 1 amide bonds. The SMILES string of the molecule is CCCCN(N)C(=O)c1ccc2c(c1)cc(COc1ccccc1)n2Cc1cccc(SC(F)(F)F)c1. The number of nitrogens with zero attached hydrogens (tertiary/aromatic N) is 2. The van der Waals surface area contributed by atoms with E-state index < -0.39 is 5.51 Å². The van der Waals surface area contributed by atoms with Crippen molar-refractivity contribution in [1.82, 2.24) is 9.58 Å². The summed E-state index contributed by atoms with van der Waals surface area (Å²) in [6, 6.07) is 23.1. The monoisotopic (exact) mass is 527 g/mol. The zero-order valence-corrected chi connectivity index (χ0v) is 21.2. The third-order valence-electron chi connectivity index (χ3n) is 5.85. The third-order valence-corrected chi connectivity index (χ3v) is 6.57. The molecule has 0 bridgehead atoms. The molecule has 1 aromatic heterocycles. The molecule has 2 N–H and O–H groups in total. The summed E-state index contributed by atoms with van der Waals surface area (Å²) in [7, 11) is 0. The number of para-hydroxylation sites is 1. The van der Waals surface area contributed by atoms with Crippen LogP contribution in [0.4, 0.5) is 13.2 Å². The molecule has 1 heterocycles. The van der Waals surface area contributed by atoms with Crippen molar-refractivity contribution in [1.29, 1.82) is 0 Å². The van der Waals surface area contributed by atoms with Gasteiger partial charge < -0.3 is 9.30 Å². The number of nitrogens with two attached hydrogens (primary N) is 1. The number of rotatable bonds is 10. The highest BCUT2D eigenvalue weighted by Gasteiger charge is 2.29. The molecule has 0 atom stereocenters. The van der Waals surface area contributed by atoms with Gasteiger partial charge in [0.2, 0.25) is 0 Å². The minimum Gasteiger partial charge on any atom is -0.487 e. The van der Waals surface area contributed by atoms with E-state index in [9.17, 15) is 18.0 Å². The first-order valence-corrected chi connectivity index (χ1v) is 12.8. The van der Waals surface area contributed by atoms with Crippen LogP contribution in [0.15, 0.2) is 83.8 Å². The van der Waals surface area contributed by atoms with Crippen molar-refractivity contribution in [3.63, 3.8) is 0 Å². The van der Waals surface area contributed by atoms with E-state index in [1.165, 1.54) is 11.1 Å². The van der Waals surface area contributed by atoms with Crippen molar-refractivity contribution >= 4 is 28.6 Å². The maximum absolute atomic E-state index is 12.9. The first kappa shape index (κ1) is 26.6. The lowest BCUT2D eigenvalue weighted by atomic mass is 10.1. The van der Waals surface area contributed by atoms with Gasteiger partial charge in [0.05, 0.1) is 5.69 Å². The number of ether oxygens (including phenoxy) is 1. The average molecular weight is 528 g/mol. The number of aromatic nitrogens is 1. The fourth-order valence-corrected chi connectivity index (χ4v) is 4.68. The van der Waals surface area contributed by atoms with E-state index in [1.54, 1.807) is 30.3 Å². The van der Waals surface area contributed by atoms with Gasteiger partial charge in [0, 0.05) is 34.5 Å². The molecule has 5 nitrogen and oxygen atoms in total. The van der Waals surface area contributed by atoms with Crippen LogP contribution in [0.5, 0.6) is 5.75 Å². The zero-order valence-electron chi connectivity index (χ0n) is 20.4. The summed E-state index contributed by atoms with van der Waals surface area (Å²) >= 11 is -0.132. The number of benzene rings is 3. The molecule has 0 saturated heterocycles. The quantitative estimate of drug-likeness (QED) is 0.104. The van der Waals surface area contributed by atoms with Crippen LogP contribution in [0.1, 0.15) is 41.4 Å². The maximum Gasteiger partial charge on any atom is 0.446 e. The second-order valence-corrected chi connectivity index (χ2v) is 9.78. The summed E-state index contributed by atoms with van der Waals surface area (Å²) in [5, 5.41) is 2.05. The van der Waals surface area contributed by atoms with Crippen molar-refractivity contribution in [2.45, 2.75) is 43.3 Å². The van der Waals surface area contributed by atoms with Crippen LogP contribution in [0.2, 0.25) is 0 Å². The summed E-state index contributed by atoms with van der Waals surface area (Å²) in [5.74, 6) is 6.40. The fraction of sp³-hybridized carbons (Fsp3) is 0.250. The van der Waals surface area contributed by atoms with Crippen LogP contribution in [0.3, 0.4) is 0 Å². The van der Waals surface area contributed by atoms with Crippen molar-refractivity contribution in [2.24, 2.45) is 5.84 Å². The number of unbranched alkanes of at least 4 members (excludes halogenated alkanes) is 1. The molecular formula is C28H28F3N3O2S. The van der Waals surface area contributed by atoms with Gasteiger partial charge in [-0.25, -0.2) is 5.84 Å². The molecule has 0 aliphatic carbocycles. The summed E-state index contributed by atoms with van der Waals surface area (Å²) in [6.07, 6.45) is 1.74. The van der Waals surface area contributed by atoms with E-state index >= 15 is 0 Å². The molecule has 9 heteroatoms. The zero-order chi connectivity index (χ0) is 26.4. The molecule has 4 aromatic rings. The van der Waals surface area contributed by atoms with Crippen molar-refractivity contribution < 1.29 is 22.7 Å². The topological polar surface area (TPSA) is 60.5 Å². The Hall–Kier alpha value is -3.43. The molecule has 0 unspecified atom stereocenters. The van der Waals surface area contributed by atoms with E-state index in [4.69, 9.17) is 10.6 Å². The lowest BCUT2D eigenvalue weighted by Gasteiger charge is -2.16. The number of hydrogen-bond donors (Lipinski definition) is 1. The van der Waals surface area contributed by atoms with Gasteiger partial charge in [-0.05, 0) is 72.3 Å². The minimum atomic E-state index is -4.36. The summed E-state index contributed by atoms with van der Waals surface area (Å²) < 4.78 is 46.7. The van der Waals surface area contributed by atoms with Gasteiger partial charge in [-0.1, -0.05) is 43.7 Å². The molecule has 194 valence electrons. The van der Waals surface area contributed by atoms with Crippen molar-refractivity contribution in [3.05, 3.63) is 95.7 Å². The molecule has 0 radical (unpaired) electrons. The molecule has 0 fully saturated rings. The lowest BCUT2D eigenvalue weighted by molar-refractivity contribution is -0.0328. The molecule has 0 saturated carbocycles. The second-order valence-electron chi connectivity index (χ2n) is 8.64. The standard InChI is InChI=1S/C28H28F3N3O2S/c1-2-3-14-34(32)27(35)21-12-13-26-22(16-21)17-23(19-36-24-9-5-4-6-10-24)33(26)18-20-8-7-11-25(15-20)37-28(29,30)31/h4-13,15-17H,2-3,14,18-19,32H2,1H3. The Morgan fingerprint density at radius 3 is 2.54 bits per heavy atom. The first-order valence-electron chi connectivity index (χ1n) is 11.9. The summed E-state index contributed by atoms with van der Waals surface area (Å²) in [4.78, 5) is 12.9. The predicted octanol–water partition coefficient (Wildman–Crippen LogP) is 7.00. The predicted molar refractivity (Wildman–Crippen MR) is 140 cm³/mol. The largest absolute Gasteiger partial charge is 0.487 e. The average Bonchev–Trinajstić information content (AvgIpc) is 3.21. The molecule has 0 aliphatic heterocycles. The Morgan fingerprint density at radius 1 is 1.03 bits per heavy atom. The Labute approximate surface area is 218 Å². The normalized spacial score (nSPS) is 11.6. The highest BCUT2D eigenvalue weighted by Crippen LogP contribution is 2.37. The van der Waals surface area contributed by atoms with Crippen LogP contribution >= 0.6 is 11.8 Å².